The number of carbonyl (C=O) groups is 1. The molecule has 0 aliphatic heterocycles. The predicted molar refractivity (Wildman–Crippen MR) is 86.0 cm³/mol. The van der Waals surface area contributed by atoms with Crippen LogP contribution in [0.25, 0.3) is 0 Å². The van der Waals surface area contributed by atoms with Crippen molar-refractivity contribution in [2.24, 2.45) is 0 Å². The Kier molecular flexibility index (Phi) is 5.29. The zero-order chi connectivity index (χ0) is 15.6. The van der Waals surface area contributed by atoms with Crippen LogP contribution in [0.5, 0.6) is 0 Å². The van der Waals surface area contributed by atoms with Gasteiger partial charge in [-0.1, -0.05) is 15.9 Å². The molecule has 0 aliphatic rings. The highest BCUT2D eigenvalue weighted by Crippen LogP contribution is 2.25. The molecular formula is C14H14Br2FN3O. The van der Waals surface area contributed by atoms with Crippen LogP contribution in [0.1, 0.15) is 16.1 Å². The standard InChI is InChI=1S/C14H14Br2FN3O/c1-19(2)5-6-20-13(12(16)8-18-20)14(21)10-7-9(17)3-4-11(10)15/h3-4,7-8H,5-6H2,1-2H3. The number of aromatic nitrogens is 2. The fraction of sp³-hybridized carbons (Fsp3) is 0.286. The Labute approximate surface area is 139 Å². The summed E-state index contributed by atoms with van der Waals surface area (Å²) in [5.41, 5.74) is 0.699. The van der Waals surface area contributed by atoms with Crippen molar-refractivity contribution in [3.8, 4) is 0 Å². The molecule has 1 heterocycles. The maximum absolute atomic E-state index is 13.4. The van der Waals surface area contributed by atoms with E-state index in [1.54, 1.807) is 10.9 Å². The first-order valence-corrected chi connectivity index (χ1v) is 7.84. The number of hydrogen-bond acceptors (Lipinski definition) is 3. The molecule has 0 spiro atoms. The van der Waals surface area contributed by atoms with Gasteiger partial charge in [0.25, 0.3) is 0 Å². The minimum absolute atomic E-state index is 0.274. The van der Waals surface area contributed by atoms with Gasteiger partial charge in [-0.25, -0.2) is 4.39 Å². The normalized spacial score (nSPS) is 11.1. The topological polar surface area (TPSA) is 38.1 Å². The summed E-state index contributed by atoms with van der Waals surface area (Å²) >= 11 is 6.63. The van der Waals surface area contributed by atoms with E-state index in [4.69, 9.17) is 0 Å². The third-order valence-corrected chi connectivity index (χ3v) is 4.21. The lowest BCUT2D eigenvalue weighted by molar-refractivity contribution is 0.102. The maximum Gasteiger partial charge on any atom is 0.213 e. The highest BCUT2D eigenvalue weighted by Gasteiger charge is 2.21. The second-order valence-corrected chi connectivity index (χ2v) is 6.53. The Morgan fingerprint density at radius 3 is 2.71 bits per heavy atom. The summed E-state index contributed by atoms with van der Waals surface area (Å²) in [5, 5.41) is 4.20. The Morgan fingerprint density at radius 2 is 2.05 bits per heavy atom. The lowest BCUT2D eigenvalue weighted by Gasteiger charge is -2.12. The van der Waals surface area contributed by atoms with Crippen molar-refractivity contribution >= 4 is 37.6 Å². The van der Waals surface area contributed by atoms with Crippen molar-refractivity contribution in [2.75, 3.05) is 20.6 Å². The van der Waals surface area contributed by atoms with Gasteiger partial charge in [-0.05, 0) is 48.2 Å². The molecule has 0 N–H and O–H groups in total. The zero-order valence-electron chi connectivity index (χ0n) is 11.6. The van der Waals surface area contributed by atoms with Gasteiger partial charge in [0.05, 0.1) is 17.2 Å². The summed E-state index contributed by atoms with van der Waals surface area (Å²) in [6, 6.07) is 4.05. The van der Waals surface area contributed by atoms with E-state index in [0.29, 0.717) is 21.2 Å². The van der Waals surface area contributed by atoms with Crippen molar-refractivity contribution in [3.05, 3.63) is 50.4 Å². The summed E-state index contributed by atoms with van der Waals surface area (Å²) in [4.78, 5) is 14.7. The van der Waals surface area contributed by atoms with E-state index >= 15 is 0 Å². The highest BCUT2D eigenvalue weighted by molar-refractivity contribution is 9.10. The number of benzene rings is 1. The van der Waals surface area contributed by atoms with Gasteiger partial charge in [0, 0.05) is 16.6 Å². The lowest BCUT2D eigenvalue weighted by Crippen LogP contribution is -2.22. The fourth-order valence-electron chi connectivity index (χ4n) is 1.85. The molecule has 4 nitrogen and oxygen atoms in total. The van der Waals surface area contributed by atoms with Gasteiger partial charge in [-0.15, -0.1) is 0 Å². The predicted octanol–water partition coefficient (Wildman–Crippen LogP) is 3.34. The van der Waals surface area contributed by atoms with Crippen LogP contribution in [0.3, 0.4) is 0 Å². The van der Waals surface area contributed by atoms with E-state index in [-0.39, 0.29) is 11.3 Å². The van der Waals surface area contributed by atoms with Gasteiger partial charge in [-0.2, -0.15) is 5.10 Å². The minimum Gasteiger partial charge on any atom is -0.308 e. The monoisotopic (exact) mass is 417 g/mol. The minimum atomic E-state index is -0.447. The van der Waals surface area contributed by atoms with Crippen LogP contribution in [0, 0.1) is 5.82 Å². The zero-order valence-corrected chi connectivity index (χ0v) is 14.8. The molecule has 0 fully saturated rings. The summed E-state index contributed by atoms with van der Waals surface area (Å²) in [6.45, 7) is 1.32. The molecule has 0 radical (unpaired) electrons. The Balaban J connectivity index is 2.39. The fourth-order valence-corrected chi connectivity index (χ4v) is 2.75. The number of hydrogen-bond donors (Lipinski definition) is 0. The van der Waals surface area contributed by atoms with Crippen LogP contribution in [-0.2, 0) is 6.54 Å². The molecule has 0 bridgehead atoms. The van der Waals surface area contributed by atoms with Crippen LogP contribution in [0.15, 0.2) is 33.3 Å². The van der Waals surface area contributed by atoms with Crippen molar-refractivity contribution in [3.63, 3.8) is 0 Å². The van der Waals surface area contributed by atoms with Crippen LogP contribution in [0.2, 0.25) is 0 Å². The van der Waals surface area contributed by atoms with Gasteiger partial charge in [0.2, 0.25) is 5.78 Å². The van der Waals surface area contributed by atoms with Crippen LogP contribution in [-0.4, -0.2) is 41.1 Å². The first kappa shape index (κ1) is 16.3. The van der Waals surface area contributed by atoms with Gasteiger partial charge in [-0.3, -0.25) is 9.48 Å². The van der Waals surface area contributed by atoms with Crippen LogP contribution in [0.4, 0.5) is 4.39 Å². The number of rotatable bonds is 5. The van der Waals surface area contributed by atoms with Crippen molar-refractivity contribution < 1.29 is 9.18 Å². The average molecular weight is 419 g/mol. The lowest BCUT2D eigenvalue weighted by atomic mass is 10.1. The average Bonchev–Trinajstić information content (AvgIpc) is 2.79. The first-order chi connectivity index (χ1) is 9.90. The molecular weight excluding hydrogens is 405 g/mol. The van der Waals surface area contributed by atoms with E-state index in [2.05, 4.69) is 37.0 Å². The Morgan fingerprint density at radius 1 is 1.33 bits per heavy atom. The van der Waals surface area contributed by atoms with E-state index in [1.807, 2.05) is 19.0 Å². The molecule has 112 valence electrons. The van der Waals surface area contributed by atoms with Gasteiger partial charge in [0.15, 0.2) is 0 Å². The summed E-state index contributed by atoms with van der Waals surface area (Å²) in [6.07, 6.45) is 1.58. The molecule has 0 aliphatic carbocycles. The van der Waals surface area contributed by atoms with Crippen LogP contribution < -0.4 is 0 Å². The van der Waals surface area contributed by atoms with E-state index < -0.39 is 5.82 Å². The molecule has 0 saturated carbocycles. The Bertz CT molecular complexity index is 670. The molecule has 1 aromatic heterocycles. The number of halogens is 3. The number of ketones is 1. The smallest absolute Gasteiger partial charge is 0.213 e. The summed E-state index contributed by atoms with van der Waals surface area (Å²) < 4.78 is 16.2. The second kappa shape index (κ2) is 6.81. The number of likely N-dealkylation sites (N-methyl/N-ethyl adjacent to an activating group) is 1. The molecule has 2 aromatic rings. The molecule has 0 atom stereocenters. The first-order valence-electron chi connectivity index (χ1n) is 6.26. The third-order valence-electron chi connectivity index (χ3n) is 2.94. The van der Waals surface area contributed by atoms with Crippen molar-refractivity contribution in [1.29, 1.82) is 0 Å². The molecule has 1 aromatic carbocycles. The van der Waals surface area contributed by atoms with Gasteiger partial charge < -0.3 is 4.90 Å². The van der Waals surface area contributed by atoms with Crippen LogP contribution >= 0.6 is 31.9 Å². The molecule has 0 unspecified atom stereocenters. The van der Waals surface area contributed by atoms with Gasteiger partial charge >= 0.3 is 0 Å². The number of carbonyl (C=O) groups excluding carboxylic acids is 1. The highest BCUT2D eigenvalue weighted by atomic mass is 79.9. The Hall–Kier alpha value is -1.05. The van der Waals surface area contributed by atoms with Crippen molar-refractivity contribution in [1.82, 2.24) is 14.7 Å². The van der Waals surface area contributed by atoms with E-state index in [0.717, 1.165) is 6.54 Å². The van der Waals surface area contributed by atoms with E-state index in [9.17, 15) is 9.18 Å². The molecule has 7 heteroatoms. The van der Waals surface area contributed by atoms with Crippen molar-refractivity contribution in [2.45, 2.75) is 6.54 Å². The molecule has 21 heavy (non-hydrogen) atoms. The van der Waals surface area contributed by atoms with E-state index in [1.165, 1.54) is 18.2 Å². The molecule has 0 saturated heterocycles. The largest absolute Gasteiger partial charge is 0.308 e. The quantitative estimate of drug-likeness (QED) is 0.699. The number of nitrogens with zero attached hydrogens (tertiary/aromatic N) is 3. The molecule has 2 rings (SSSR count). The molecule has 0 amide bonds. The van der Waals surface area contributed by atoms with Gasteiger partial charge in [0.1, 0.15) is 11.5 Å². The second-order valence-electron chi connectivity index (χ2n) is 4.82. The summed E-state index contributed by atoms with van der Waals surface area (Å²) in [5.74, 6) is -0.721. The SMILES string of the molecule is CN(C)CCn1ncc(Br)c1C(=O)c1cc(F)ccc1Br. The maximum atomic E-state index is 13.4. The third kappa shape index (κ3) is 3.78. The summed E-state index contributed by atoms with van der Waals surface area (Å²) in [7, 11) is 3.90.